The molecule has 1 fully saturated rings. The number of sulfonamides is 1. The molecule has 1 saturated heterocycles. The monoisotopic (exact) mass is 322 g/mol. The molecule has 118 valence electrons. The molecule has 0 aromatic heterocycles. The molecule has 0 amide bonds. The van der Waals surface area contributed by atoms with Crippen LogP contribution in [0.15, 0.2) is 23.1 Å². The van der Waals surface area contributed by atoms with Gasteiger partial charge in [0.25, 0.3) is 0 Å². The second-order valence-electron chi connectivity index (χ2n) is 5.62. The summed E-state index contributed by atoms with van der Waals surface area (Å²) in [5.74, 6) is -1.64. The van der Waals surface area contributed by atoms with Gasteiger partial charge in [-0.05, 0) is 50.5 Å². The van der Waals surface area contributed by atoms with Gasteiger partial charge in [0, 0.05) is 12.6 Å². The Bertz CT molecular complexity index is 736. The van der Waals surface area contributed by atoms with E-state index in [-0.39, 0.29) is 17.5 Å². The minimum absolute atomic E-state index is 0.0160. The van der Waals surface area contributed by atoms with Crippen LogP contribution < -0.4 is 0 Å². The quantitative estimate of drug-likeness (QED) is 0.914. The van der Waals surface area contributed by atoms with Crippen LogP contribution >= 0.6 is 0 Å². The molecule has 1 aliphatic rings. The maximum Gasteiger partial charge on any atom is 0.307 e. The highest BCUT2D eigenvalue weighted by Gasteiger charge is 2.37. The van der Waals surface area contributed by atoms with E-state index in [0.717, 1.165) is 0 Å². The maximum absolute atomic E-state index is 12.8. The fourth-order valence-electron chi connectivity index (χ4n) is 2.67. The Balaban J connectivity index is 2.38. The molecule has 2 rings (SSSR count). The molecule has 2 unspecified atom stereocenters. The van der Waals surface area contributed by atoms with Crippen LogP contribution in [0.4, 0.5) is 0 Å². The lowest BCUT2D eigenvalue weighted by Crippen LogP contribution is -2.47. The number of benzene rings is 1. The Morgan fingerprint density at radius 2 is 2.09 bits per heavy atom. The molecule has 7 heteroatoms. The van der Waals surface area contributed by atoms with Crippen molar-refractivity contribution in [3.05, 3.63) is 29.3 Å². The van der Waals surface area contributed by atoms with Gasteiger partial charge < -0.3 is 5.11 Å². The first-order chi connectivity index (χ1) is 10.3. The highest BCUT2D eigenvalue weighted by Crippen LogP contribution is 2.29. The van der Waals surface area contributed by atoms with Gasteiger partial charge in [-0.3, -0.25) is 4.79 Å². The summed E-state index contributed by atoms with van der Waals surface area (Å²) >= 11 is 0. The smallest absolute Gasteiger partial charge is 0.307 e. The molecule has 0 bridgehead atoms. The number of nitriles is 1. The van der Waals surface area contributed by atoms with E-state index in [4.69, 9.17) is 10.4 Å². The van der Waals surface area contributed by atoms with Gasteiger partial charge in [0.2, 0.25) is 10.0 Å². The summed E-state index contributed by atoms with van der Waals surface area (Å²) in [6.45, 7) is 3.45. The van der Waals surface area contributed by atoms with Crippen LogP contribution in [0.3, 0.4) is 0 Å². The highest BCUT2D eigenvalue weighted by atomic mass is 32.2. The highest BCUT2D eigenvalue weighted by molar-refractivity contribution is 7.89. The lowest BCUT2D eigenvalue weighted by Gasteiger charge is -2.35. The molecule has 0 saturated carbocycles. The summed E-state index contributed by atoms with van der Waals surface area (Å²) in [6, 6.07) is 6.10. The molecule has 1 N–H and O–H groups in total. The zero-order valence-corrected chi connectivity index (χ0v) is 13.3. The van der Waals surface area contributed by atoms with E-state index in [1.165, 1.54) is 22.5 Å². The topological polar surface area (TPSA) is 98.5 Å². The normalized spacial score (nSPS) is 23.0. The Morgan fingerprint density at radius 1 is 1.41 bits per heavy atom. The first-order valence-electron chi connectivity index (χ1n) is 7.02. The van der Waals surface area contributed by atoms with Crippen LogP contribution in [0.2, 0.25) is 0 Å². The molecule has 1 aromatic rings. The molecule has 1 aromatic carbocycles. The molecule has 1 heterocycles. The number of carboxylic acid groups (broad SMARTS) is 1. The van der Waals surface area contributed by atoms with Gasteiger partial charge in [0.05, 0.1) is 22.4 Å². The predicted octanol–water partition coefficient (Wildman–Crippen LogP) is 1.74. The Labute approximate surface area is 130 Å². The number of piperidine rings is 1. The van der Waals surface area contributed by atoms with Gasteiger partial charge in [-0.2, -0.15) is 9.57 Å². The first-order valence-corrected chi connectivity index (χ1v) is 8.46. The Kier molecular flexibility index (Phi) is 4.54. The molecule has 0 spiro atoms. The van der Waals surface area contributed by atoms with Crippen LogP contribution in [0.1, 0.15) is 30.9 Å². The van der Waals surface area contributed by atoms with Crippen LogP contribution in [-0.4, -0.2) is 36.4 Å². The second kappa shape index (κ2) is 6.07. The lowest BCUT2D eigenvalue weighted by atomic mass is 9.96. The summed E-state index contributed by atoms with van der Waals surface area (Å²) < 4.78 is 26.8. The zero-order chi connectivity index (χ0) is 16.5. The first kappa shape index (κ1) is 16.5. The van der Waals surface area contributed by atoms with Crippen molar-refractivity contribution >= 4 is 16.0 Å². The van der Waals surface area contributed by atoms with E-state index >= 15 is 0 Å². The third-order valence-electron chi connectivity index (χ3n) is 4.10. The van der Waals surface area contributed by atoms with Crippen molar-refractivity contribution in [3.63, 3.8) is 0 Å². The molecule has 6 nitrogen and oxygen atoms in total. The van der Waals surface area contributed by atoms with Crippen molar-refractivity contribution in [2.45, 2.75) is 37.6 Å². The molecule has 0 aliphatic carbocycles. The third-order valence-corrected chi connectivity index (χ3v) is 6.08. The summed E-state index contributed by atoms with van der Waals surface area (Å²) in [4.78, 5) is 11.2. The average Bonchev–Trinajstić information content (AvgIpc) is 2.47. The second-order valence-corrected chi connectivity index (χ2v) is 7.52. The van der Waals surface area contributed by atoms with Gasteiger partial charge in [0.1, 0.15) is 0 Å². The zero-order valence-electron chi connectivity index (χ0n) is 12.5. The number of nitrogens with zero attached hydrogens (tertiary/aromatic N) is 2. The third kappa shape index (κ3) is 2.98. The number of hydrogen-bond donors (Lipinski definition) is 1. The van der Waals surface area contributed by atoms with E-state index < -0.39 is 21.9 Å². The van der Waals surface area contributed by atoms with Gasteiger partial charge >= 0.3 is 5.97 Å². The lowest BCUT2D eigenvalue weighted by molar-refractivity contribution is -0.143. The number of aryl methyl sites for hydroxylation is 1. The number of carbonyl (C=O) groups is 1. The Morgan fingerprint density at radius 3 is 2.64 bits per heavy atom. The van der Waals surface area contributed by atoms with Gasteiger partial charge in [0.15, 0.2) is 0 Å². The molecule has 22 heavy (non-hydrogen) atoms. The molecular weight excluding hydrogens is 304 g/mol. The van der Waals surface area contributed by atoms with Crippen LogP contribution in [-0.2, 0) is 14.8 Å². The summed E-state index contributed by atoms with van der Waals surface area (Å²) in [7, 11) is -3.76. The Hall–Kier alpha value is -1.91. The van der Waals surface area contributed by atoms with Gasteiger partial charge in [-0.1, -0.05) is 0 Å². The van der Waals surface area contributed by atoms with Crippen molar-refractivity contribution in [1.29, 1.82) is 5.26 Å². The van der Waals surface area contributed by atoms with Gasteiger partial charge in [-0.15, -0.1) is 0 Å². The summed E-state index contributed by atoms with van der Waals surface area (Å²) in [5.41, 5.74) is 1.01. The molecule has 1 aliphatic heterocycles. The fraction of sp³-hybridized carbons (Fsp3) is 0.467. The van der Waals surface area contributed by atoms with Gasteiger partial charge in [-0.25, -0.2) is 8.42 Å². The van der Waals surface area contributed by atoms with E-state index in [1.807, 2.05) is 6.07 Å². The largest absolute Gasteiger partial charge is 0.481 e. The molecular formula is C15H18N2O4S. The maximum atomic E-state index is 12.8. The number of aliphatic carboxylic acids is 1. The fourth-order valence-corrected chi connectivity index (χ4v) is 4.46. The van der Waals surface area contributed by atoms with Crippen LogP contribution in [0.5, 0.6) is 0 Å². The average molecular weight is 322 g/mol. The summed E-state index contributed by atoms with van der Waals surface area (Å²) in [5, 5.41) is 18.1. The van der Waals surface area contributed by atoms with Crippen LogP contribution in [0, 0.1) is 24.2 Å². The van der Waals surface area contributed by atoms with Crippen molar-refractivity contribution in [2.75, 3.05) is 6.54 Å². The molecule has 0 radical (unpaired) electrons. The minimum Gasteiger partial charge on any atom is -0.481 e. The standard InChI is InChI=1S/C15H18N2O4S/c1-10-7-14(6-5-12(10)8-16)22(20,21)17-9-13(15(18)19)4-3-11(17)2/h5-7,11,13H,3-4,9H2,1-2H3,(H,18,19). The number of rotatable bonds is 3. The van der Waals surface area contributed by atoms with Crippen molar-refractivity contribution in [1.82, 2.24) is 4.31 Å². The van der Waals surface area contributed by atoms with E-state index in [0.29, 0.717) is 24.0 Å². The van der Waals surface area contributed by atoms with E-state index in [2.05, 4.69) is 0 Å². The number of hydrogen-bond acceptors (Lipinski definition) is 4. The van der Waals surface area contributed by atoms with Crippen molar-refractivity contribution < 1.29 is 18.3 Å². The van der Waals surface area contributed by atoms with Crippen molar-refractivity contribution in [3.8, 4) is 6.07 Å². The molecule has 2 atom stereocenters. The van der Waals surface area contributed by atoms with Crippen molar-refractivity contribution in [2.24, 2.45) is 5.92 Å². The van der Waals surface area contributed by atoms with Crippen LogP contribution in [0.25, 0.3) is 0 Å². The van der Waals surface area contributed by atoms with E-state index in [9.17, 15) is 13.2 Å². The number of carboxylic acids is 1. The SMILES string of the molecule is Cc1cc(S(=O)(=O)N2CC(C(=O)O)CCC2C)ccc1C#N. The van der Waals surface area contributed by atoms with E-state index in [1.54, 1.807) is 13.8 Å². The summed E-state index contributed by atoms with van der Waals surface area (Å²) in [6.07, 6.45) is 1.00. The predicted molar refractivity (Wildman–Crippen MR) is 79.6 cm³/mol. The minimum atomic E-state index is -3.76.